The van der Waals surface area contributed by atoms with E-state index in [1.165, 1.54) is 19.1 Å². The highest BCUT2D eigenvalue weighted by atomic mass is 19.1. The molecule has 5 rings (SSSR count). The van der Waals surface area contributed by atoms with Gasteiger partial charge in [-0.2, -0.15) is 0 Å². The maximum absolute atomic E-state index is 13.7. The number of hydrogen-bond acceptors (Lipinski definition) is 6. The minimum absolute atomic E-state index is 0.0811. The summed E-state index contributed by atoms with van der Waals surface area (Å²) in [4.78, 5) is 20.5. The van der Waals surface area contributed by atoms with Gasteiger partial charge in [0.1, 0.15) is 17.2 Å². The van der Waals surface area contributed by atoms with E-state index in [4.69, 9.17) is 4.74 Å². The second-order valence-electron chi connectivity index (χ2n) is 9.72. The van der Waals surface area contributed by atoms with Gasteiger partial charge in [0.25, 0.3) is 0 Å². The lowest BCUT2D eigenvalue weighted by atomic mass is 9.73. The van der Waals surface area contributed by atoms with Crippen LogP contribution in [-0.2, 0) is 11.2 Å². The quantitative estimate of drug-likeness (QED) is 0.442. The number of rotatable bonds is 8. The number of imidazole rings is 1. The van der Waals surface area contributed by atoms with E-state index in [2.05, 4.69) is 20.6 Å². The lowest BCUT2D eigenvalue weighted by Crippen LogP contribution is -2.52. The van der Waals surface area contributed by atoms with E-state index in [1.54, 1.807) is 18.7 Å². The number of pyridine rings is 1. The van der Waals surface area contributed by atoms with Gasteiger partial charge in [-0.05, 0) is 49.4 Å². The molecule has 190 valence electrons. The minimum atomic E-state index is -1.01. The number of fused-ring (bicyclic) bond motifs is 1. The Bertz CT molecular complexity index is 1210. The van der Waals surface area contributed by atoms with Gasteiger partial charge in [0.2, 0.25) is 11.8 Å². The molecule has 1 fully saturated rings. The van der Waals surface area contributed by atoms with E-state index < -0.39 is 23.8 Å². The van der Waals surface area contributed by atoms with Crippen LogP contribution < -0.4 is 15.4 Å². The molecule has 2 aromatic heterocycles. The van der Waals surface area contributed by atoms with E-state index in [9.17, 15) is 18.7 Å². The number of hydrogen-bond donors (Lipinski definition) is 3. The molecule has 36 heavy (non-hydrogen) atoms. The number of halogens is 2. The third-order valence-corrected chi connectivity index (χ3v) is 7.00. The fourth-order valence-corrected chi connectivity index (χ4v) is 5.07. The molecule has 3 heterocycles. The normalized spacial score (nSPS) is 19.6. The lowest BCUT2D eigenvalue weighted by molar-refractivity contribution is -0.120. The fraction of sp³-hybridized carbons (Fsp3) is 0.423. The average Bonchev–Trinajstić information content (AvgIpc) is 3.34. The molecule has 3 atom stereocenters. The van der Waals surface area contributed by atoms with Gasteiger partial charge in [0, 0.05) is 50.0 Å². The summed E-state index contributed by atoms with van der Waals surface area (Å²) >= 11 is 0. The zero-order chi connectivity index (χ0) is 25.3. The van der Waals surface area contributed by atoms with Crippen LogP contribution >= 0.6 is 0 Å². The van der Waals surface area contributed by atoms with Crippen molar-refractivity contribution in [1.29, 1.82) is 0 Å². The summed E-state index contributed by atoms with van der Waals surface area (Å²) in [5.41, 5.74) is 1.81. The van der Waals surface area contributed by atoms with Crippen LogP contribution in [0, 0.1) is 11.6 Å². The molecule has 0 saturated heterocycles. The van der Waals surface area contributed by atoms with Crippen molar-refractivity contribution in [1.82, 2.24) is 25.2 Å². The van der Waals surface area contributed by atoms with Crippen LogP contribution in [-0.4, -0.2) is 49.8 Å². The number of benzene rings is 1. The summed E-state index contributed by atoms with van der Waals surface area (Å²) in [7, 11) is 0. The molecule has 10 heteroatoms. The topological polar surface area (TPSA) is 101 Å². The molecule has 1 amide bonds. The summed E-state index contributed by atoms with van der Waals surface area (Å²) in [5, 5.41) is 17.2. The fourth-order valence-electron chi connectivity index (χ4n) is 5.07. The summed E-state index contributed by atoms with van der Waals surface area (Å²) < 4.78 is 35.5. The predicted molar refractivity (Wildman–Crippen MR) is 128 cm³/mol. The number of ether oxygens (including phenoxy) is 1. The zero-order valence-electron chi connectivity index (χ0n) is 20.0. The number of carbonyl (C=O) groups is 1. The smallest absolute Gasteiger partial charge is 0.218 e. The second kappa shape index (κ2) is 9.94. The maximum atomic E-state index is 13.7. The Labute approximate surface area is 207 Å². The molecule has 0 radical (unpaired) electrons. The van der Waals surface area contributed by atoms with Gasteiger partial charge in [-0.3, -0.25) is 4.79 Å². The number of aromatic nitrogens is 3. The largest absolute Gasteiger partial charge is 0.471 e. The Morgan fingerprint density at radius 1 is 1.28 bits per heavy atom. The average molecular weight is 498 g/mol. The van der Waals surface area contributed by atoms with Crippen molar-refractivity contribution in [3.05, 3.63) is 71.9 Å². The van der Waals surface area contributed by atoms with E-state index in [0.717, 1.165) is 43.0 Å². The number of aliphatic hydroxyl groups is 1. The van der Waals surface area contributed by atoms with Crippen LogP contribution in [0.5, 0.6) is 5.88 Å². The molecule has 1 aliphatic heterocycles. The summed E-state index contributed by atoms with van der Waals surface area (Å²) in [6.07, 6.45) is 9.74. The molecule has 2 aliphatic rings. The number of nitrogens with zero attached hydrogens (tertiary/aromatic N) is 3. The molecule has 1 aliphatic carbocycles. The molecule has 3 N–H and O–H groups in total. The Kier molecular flexibility index (Phi) is 6.72. The second-order valence-corrected chi connectivity index (χ2v) is 9.72. The first-order valence-electron chi connectivity index (χ1n) is 12.1. The van der Waals surface area contributed by atoms with Gasteiger partial charge >= 0.3 is 0 Å². The summed E-state index contributed by atoms with van der Waals surface area (Å²) in [5.74, 6) is -1.17. The highest BCUT2D eigenvalue weighted by Gasteiger charge is 2.46. The van der Waals surface area contributed by atoms with E-state index in [1.807, 2.05) is 16.8 Å². The van der Waals surface area contributed by atoms with Crippen LogP contribution in [0.1, 0.15) is 49.8 Å². The highest BCUT2D eigenvalue weighted by Crippen LogP contribution is 2.48. The molecule has 1 aromatic carbocycles. The van der Waals surface area contributed by atoms with Crippen molar-refractivity contribution in [2.45, 2.75) is 62.8 Å². The number of amides is 1. The first kappa shape index (κ1) is 24.3. The third kappa shape index (κ3) is 5.24. The van der Waals surface area contributed by atoms with Crippen molar-refractivity contribution in [3.63, 3.8) is 0 Å². The van der Waals surface area contributed by atoms with Gasteiger partial charge in [-0.15, -0.1) is 0 Å². The van der Waals surface area contributed by atoms with Crippen LogP contribution in [0.15, 0.2) is 49.2 Å². The molecular weight excluding hydrogens is 468 g/mol. The molecule has 0 bridgehead atoms. The SMILES string of the molecule is CC(=O)N[C@@H](Cc1cc(F)cc(F)c1)[C@@H](O)CN[C@H]1CC2(CCC2)Oc2ncc(-n3ccnc3)cc21. The van der Waals surface area contributed by atoms with Gasteiger partial charge in [-0.1, -0.05) is 0 Å². The highest BCUT2D eigenvalue weighted by molar-refractivity contribution is 5.73. The monoisotopic (exact) mass is 497 g/mol. The van der Waals surface area contributed by atoms with Crippen LogP contribution in [0.25, 0.3) is 5.69 Å². The predicted octanol–water partition coefficient (Wildman–Crippen LogP) is 2.99. The van der Waals surface area contributed by atoms with Gasteiger partial charge in [0.05, 0.1) is 30.4 Å². The van der Waals surface area contributed by atoms with Gasteiger partial charge < -0.3 is 25.0 Å². The molecular formula is C26H29F2N5O3. The molecule has 1 spiro atoms. The minimum Gasteiger partial charge on any atom is -0.471 e. The van der Waals surface area contributed by atoms with Crippen molar-refractivity contribution in [2.75, 3.05) is 6.54 Å². The van der Waals surface area contributed by atoms with E-state index in [-0.39, 0.29) is 30.5 Å². The Morgan fingerprint density at radius 2 is 2.06 bits per heavy atom. The van der Waals surface area contributed by atoms with Crippen molar-refractivity contribution in [3.8, 4) is 11.6 Å². The Balaban J connectivity index is 1.34. The Morgan fingerprint density at radius 3 is 2.69 bits per heavy atom. The molecule has 0 unspecified atom stereocenters. The van der Waals surface area contributed by atoms with E-state index in [0.29, 0.717) is 11.4 Å². The van der Waals surface area contributed by atoms with Crippen LogP contribution in [0.4, 0.5) is 8.78 Å². The molecule has 1 saturated carbocycles. The first-order valence-corrected chi connectivity index (χ1v) is 12.1. The Hall–Kier alpha value is -3.37. The molecule has 3 aromatic rings. The number of carbonyl (C=O) groups excluding carboxylic acids is 1. The lowest BCUT2D eigenvalue weighted by Gasteiger charge is -2.47. The van der Waals surface area contributed by atoms with Crippen LogP contribution in [0.2, 0.25) is 0 Å². The van der Waals surface area contributed by atoms with Crippen molar-refractivity contribution < 1.29 is 23.4 Å². The van der Waals surface area contributed by atoms with Crippen LogP contribution in [0.3, 0.4) is 0 Å². The summed E-state index contributed by atoms with van der Waals surface area (Å²) in [6, 6.07) is 4.33. The maximum Gasteiger partial charge on any atom is 0.218 e. The number of nitrogens with one attached hydrogen (secondary N) is 2. The van der Waals surface area contributed by atoms with Gasteiger partial charge in [-0.25, -0.2) is 18.7 Å². The molecule has 8 nitrogen and oxygen atoms in total. The third-order valence-electron chi connectivity index (χ3n) is 7.00. The van der Waals surface area contributed by atoms with Crippen molar-refractivity contribution in [2.24, 2.45) is 0 Å². The zero-order valence-corrected chi connectivity index (χ0v) is 20.0. The van der Waals surface area contributed by atoms with E-state index >= 15 is 0 Å². The standard InChI is InChI=1S/C26H29F2N5O3/c1-16(34)32-22(9-17-7-18(27)10-19(28)8-17)24(35)14-30-23-12-26(3-2-4-26)36-25-21(23)11-20(13-31-25)33-6-5-29-15-33/h5-8,10-11,13,15,22-24,30,35H,2-4,9,12,14H2,1H3,(H,32,34)/t22-,23-,24-/m0/s1. The summed E-state index contributed by atoms with van der Waals surface area (Å²) in [6.45, 7) is 1.50. The number of aliphatic hydroxyl groups excluding tert-OH is 1. The van der Waals surface area contributed by atoms with Crippen molar-refractivity contribution >= 4 is 5.91 Å². The van der Waals surface area contributed by atoms with Gasteiger partial charge in [0.15, 0.2) is 0 Å². The first-order chi connectivity index (χ1) is 17.3.